The van der Waals surface area contributed by atoms with Crippen molar-refractivity contribution in [2.24, 2.45) is 0 Å². The third-order valence-electron chi connectivity index (χ3n) is 12.9. The monoisotopic (exact) mass is 962 g/mol. The number of nitrogens with one attached hydrogen (secondary N) is 2. The standard InChI is InChI=1S/C64H75N5O3/c1-4-6-8-10-12-14-16-18-20-24-44-67-63(70)52-36-30-50(31-37-52)34-40-54-46-56(57-48-60(58-28-22-26-42-65-58)69-61(49-57)59-29-23-27-43-66-59)47-55(62(54)72-3)41-35-51-32-38-53(39-33-51)64(71)68-45-25-21-19-17-15-13-11-9-7-5-2/h22-23,26-33,36-39,42-43,46-49H,4-21,24-25,44-45H2,1-3H3,(H,67,70)(H,68,71). The van der Waals surface area contributed by atoms with Crippen molar-refractivity contribution in [2.75, 3.05) is 20.2 Å². The van der Waals surface area contributed by atoms with Gasteiger partial charge in [-0.2, -0.15) is 0 Å². The molecule has 8 heteroatoms. The summed E-state index contributed by atoms with van der Waals surface area (Å²) in [6.45, 7) is 5.85. The fraction of sp³-hybridized carbons (Fsp3) is 0.391. The third kappa shape index (κ3) is 18.3. The number of nitrogens with zero attached hydrogens (tertiary/aromatic N) is 3. The molecule has 3 heterocycles. The van der Waals surface area contributed by atoms with E-state index in [9.17, 15) is 9.59 Å². The Morgan fingerprint density at radius 2 is 0.819 bits per heavy atom. The number of rotatable bonds is 28. The third-order valence-corrected chi connectivity index (χ3v) is 12.9. The van der Waals surface area contributed by atoms with E-state index in [4.69, 9.17) is 9.72 Å². The maximum Gasteiger partial charge on any atom is 0.251 e. The van der Waals surface area contributed by atoms with E-state index in [2.05, 4.69) is 58.1 Å². The van der Waals surface area contributed by atoms with Crippen LogP contribution in [0.2, 0.25) is 0 Å². The van der Waals surface area contributed by atoms with E-state index in [1.807, 2.05) is 109 Å². The highest BCUT2D eigenvalue weighted by Gasteiger charge is 2.15. The molecule has 0 fully saturated rings. The summed E-state index contributed by atoms with van der Waals surface area (Å²) >= 11 is 0. The van der Waals surface area contributed by atoms with Crippen LogP contribution in [-0.4, -0.2) is 47.0 Å². The van der Waals surface area contributed by atoms with Gasteiger partial charge in [-0.1, -0.05) is 165 Å². The first-order valence-corrected chi connectivity index (χ1v) is 26.8. The molecule has 0 spiro atoms. The number of ether oxygens (including phenoxy) is 1. The van der Waals surface area contributed by atoms with Crippen molar-refractivity contribution in [3.05, 3.63) is 155 Å². The van der Waals surface area contributed by atoms with Crippen LogP contribution in [0.5, 0.6) is 5.75 Å². The van der Waals surface area contributed by atoms with Crippen LogP contribution in [0.25, 0.3) is 33.9 Å². The molecule has 0 radical (unpaired) electrons. The summed E-state index contributed by atoms with van der Waals surface area (Å²) in [5, 5.41) is 6.18. The van der Waals surface area contributed by atoms with Crippen LogP contribution in [0.3, 0.4) is 0 Å². The Balaban J connectivity index is 1.18. The highest BCUT2D eigenvalue weighted by Crippen LogP contribution is 2.34. The predicted molar refractivity (Wildman–Crippen MR) is 296 cm³/mol. The average molecular weight is 962 g/mol. The molecule has 2 N–H and O–H groups in total. The van der Waals surface area contributed by atoms with Gasteiger partial charge in [-0.3, -0.25) is 19.6 Å². The van der Waals surface area contributed by atoms with Crippen molar-refractivity contribution in [1.29, 1.82) is 0 Å². The molecule has 0 atom stereocenters. The van der Waals surface area contributed by atoms with Crippen LogP contribution in [0, 0.1) is 23.7 Å². The first-order chi connectivity index (χ1) is 35.4. The van der Waals surface area contributed by atoms with Crippen molar-refractivity contribution in [2.45, 2.75) is 142 Å². The molecule has 374 valence electrons. The molecule has 0 saturated heterocycles. The molecule has 0 aliphatic carbocycles. The van der Waals surface area contributed by atoms with E-state index in [0.717, 1.165) is 59.3 Å². The minimum atomic E-state index is -0.0759. The highest BCUT2D eigenvalue weighted by molar-refractivity contribution is 5.94. The van der Waals surface area contributed by atoms with E-state index in [0.29, 0.717) is 52.5 Å². The van der Waals surface area contributed by atoms with Gasteiger partial charge in [0, 0.05) is 47.7 Å². The van der Waals surface area contributed by atoms with Crippen LogP contribution < -0.4 is 15.4 Å². The first kappa shape index (κ1) is 54.3. The molecular weight excluding hydrogens is 887 g/mol. The second-order valence-corrected chi connectivity index (χ2v) is 18.7. The zero-order valence-corrected chi connectivity index (χ0v) is 43.2. The molecule has 0 bridgehead atoms. The van der Waals surface area contributed by atoms with E-state index in [1.165, 1.54) is 103 Å². The molecule has 0 aliphatic rings. The molecule has 3 aromatic carbocycles. The molecule has 2 amide bonds. The number of carbonyl (C=O) groups excluding carboxylic acids is 2. The van der Waals surface area contributed by atoms with Crippen LogP contribution in [-0.2, 0) is 0 Å². The number of methoxy groups -OCH3 is 1. The number of aromatic nitrogens is 3. The minimum Gasteiger partial charge on any atom is -0.494 e. The normalized spacial score (nSPS) is 10.7. The average Bonchev–Trinajstić information content (AvgIpc) is 3.43. The van der Waals surface area contributed by atoms with Crippen LogP contribution >= 0.6 is 0 Å². The number of amides is 2. The number of pyridine rings is 3. The zero-order valence-electron chi connectivity index (χ0n) is 43.2. The summed E-state index contributed by atoms with van der Waals surface area (Å²) in [6, 6.07) is 34.4. The number of hydrogen-bond acceptors (Lipinski definition) is 6. The van der Waals surface area contributed by atoms with Crippen molar-refractivity contribution in [1.82, 2.24) is 25.6 Å². The lowest BCUT2D eigenvalue weighted by atomic mass is 9.96. The quantitative estimate of drug-likeness (QED) is 0.0375. The van der Waals surface area contributed by atoms with Gasteiger partial charge in [-0.05, 0) is 121 Å². The number of benzene rings is 3. The summed E-state index contributed by atoms with van der Waals surface area (Å²) in [4.78, 5) is 40.3. The predicted octanol–water partition coefficient (Wildman–Crippen LogP) is 15.0. The topological polar surface area (TPSA) is 106 Å². The summed E-state index contributed by atoms with van der Waals surface area (Å²) in [5.74, 6) is 13.8. The summed E-state index contributed by atoms with van der Waals surface area (Å²) in [7, 11) is 1.63. The van der Waals surface area contributed by atoms with Crippen molar-refractivity contribution < 1.29 is 14.3 Å². The zero-order chi connectivity index (χ0) is 50.4. The molecule has 8 nitrogen and oxygen atoms in total. The van der Waals surface area contributed by atoms with Gasteiger partial charge in [0.05, 0.1) is 41.0 Å². The van der Waals surface area contributed by atoms with Gasteiger partial charge in [-0.25, -0.2) is 4.98 Å². The molecule has 0 aliphatic heterocycles. The second-order valence-electron chi connectivity index (χ2n) is 18.7. The summed E-state index contributed by atoms with van der Waals surface area (Å²) < 4.78 is 6.07. The largest absolute Gasteiger partial charge is 0.494 e. The van der Waals surface area contributed by atoms with Gasteiger partial charge in [0.15, 0.2) is 0 Å². The van der Waals surface area contributed by atoms with E-state index >= 15 is 0 Å². The lowest BCUT2D eigenvalue weighted by molar-refractivity contribution is 0.0944. The summed E-state index contributed by atoms with van der Waals surface area (Å²) in [5.41, 5.74) is 8.60. The molecule has 3 aromatic heterocycles. The van der Waals surface area contributed by atoms with Gasteiger partial charge in [0.2, 0.25) is 0 Å². The van der Waals surface area contributed by atoms with E-state index in [-0.39, 0.29) is 11.8 Å². The van der Waals surface area contributed by atoms with E-state index in [1.54, 1.807) is 19.5 Å². The Labute approximate surface area is 430 Å². The van der Waals surface area contributed by atoms with Crippen LogP contribution in [0.1, 0.15) is 185 Å². The molecular formula is C64H75N5O3. The molecule has 6 rings (SSSR count). The molecule has 6 aromatic rings. The van der Waals surface area contributed by atoms with Crippen LogP contribution in [0.4, 0.5) is 0 Å². The van der Waals surface area contributed by atoms with Gasteiger partial charge in [-0.15, -0.1) is 0 Å². The second kappa shape index (κ2) is 31.3. The number of hydrogen-bond donors (Lipinski definition) is 2. The summed E-state index contributed by atoms with van der Waals surface area (Å²) in [6.07, 6.45) is 28.7. The maximum absolute atomic E-state index is 13.0. The molecule has 72 heavy (non-hydrogen) atoms. The van der Waals surface area contributed by atoms with Crippen LogP contribution in [0.15, 0.2) is 122 Å². The fourth-order valence-corrected chi connectivity index (χ4v) is 8.71. The maximum atomic E-state index is 13.0. The van der Waals surface area contributed by atoms with Gasteiger partial charge in [0.25, 0.3) is 11.8 Å². The van der Waals surface area contributed by atoms with E-state index < -0.39 is 0 Å². The number of unbranched alkanes of at least 4 members (excludes halogenated alkanes) is 18. The fourth-order valence-electron chi connectivity index (χ4n) is 8.71. The minimum absolute atomic E-state index is 0.0759. The van der Waals surface area contributed by atoms with Crippen molar-refractivity contribution >= 4 is 11.8 Å². The molecule has 0 saturated carbocycles. The Morgan fingerprint density at radius 1 is 0.444 bits per heavy atom. The highest BCUT2D eigenvalue weighted by atomic mass is 16.5. The Morgan fingerprint density at radius 3 is 1.18 bits per heavy atom. The lowest BCUT2D eigenvalue weighted by Gasteiger charge is -2.13. The Bertz CT molecular complexity index is 2520. The Hall–Kier alpha value is -7.03. The molecule has 0 unspecified atom stereocenters. The SMILES string of the molecule is CCCCCCCCCCCCNC(=O)c1ccc(C#Cc2cc(-c3cc(-c4ccccn4)nc(-c4ccccn4)c3)cc(C#Cc3ccc(C(=O)NCCCCCCCCCCCC)cc3)c2OC)cc1. The Kier molecular flexibility index (Phi) is 23.6. The first-order valence-electron chi connectivity index (χ1n) is 26.8. The van der Waals surface area contributed by atoms with Gasteiger partial charge >= 0.3 is 0 Å². The van der Waals surface area contributed by atoms with Crippen molar-refractivity contribution in [3.63, 3.8) is 0 Å². The lowest BCUT2D eigenvalue weighted by Crippen LogP contribution is -2.24. The smallest absolute Gasteiger partial charge is 0.251 e. The number of carbonyl (C=O) groups is 2. The van der Waals surface area contributed by atoms with Crippen molar-refractivity contribution in [3.8, 4) is 63.3 Å². The van der Waals surface area contributed by atoms with Gasteiger partial charge in [0.1, 0.15) is 5.75 Å². The van der Waals surface area contributed by atoms with Gasteiger partial charge < -0.3 is 15.4 Å².